The lowest BCUT2D eigenvalue weighted by molar-refractivity contribution is 0.0871. The average Bonchev–Trinajstić information content (AvgIpc) is 2.79. The molecule has 2 rings (SSSR count). The molecule has 0 aliphatic carbocycles. The highest BCUT2D eigenvalue weighted by atomic mass is 32.1. The second-order valence-electron chi connectivity index (χ2n) is 4.71. The summed E-state index contributed by atoms with van der Waals surface area (Å²) in [5.74, 6) is 0. The van der Waals surface area contributed by atoms with Gasteiger partial charge in [0.1, 0.15) is 0 Å². The Morgan fingerprint density at radius 2 is 2.35 bits per heavy atom. The van der Waals surface area contributed by atoms with Crippen molar-refractivity contribution >= 4 is 11.3 Å². The van der Waals surface area contributed by atoms with E-state index in [1.54, 1.807) is 11.3 Å². The highest BCUT2D eigenvalue weighted by Gasteiger charge is 2.24. The van der Waals surface area contributed by atoms with Gasteiger partial charge in [0.25, 0.3) is 0 Å². The van der Waals surface area contributed by atoms with Gasteiger partial charge in [-0.2, -0.15) is 0 Å². The number of aromatic nitrogens is 1. The number of hydrogen-bond donors (Lipinski definition) is 1. The van der Waals surface area contributed by atoms with Crippen LogP contribution in [-0.4, -0.2) is 54.1 Å². The van der Waals surface area contributed by atoms with Crippen molar-refractivity contribution in [2.45, 2.75) is 25.9 Å². The van der Waals surface area contributed by atoms with Crippen LogP contribution in [0, 0.1) is 0 Å². The minimum atomic E-state index is 0.473. The Kier molecular flexibility index (Phi) is 4.50. The topological polar surface area (TPSA) is 45.4 Å². The minimum absolute atomic E-state index is 0.473. The third-order valence-electron chi connectivity index (χ3n) is 3.35. The van der Waals surface area contributed by atoms with E-state index in [4.69, 9.17) is 5.73 Å². The maximum atomic E-state index is 5.85. The fourth-order valence-electron chi connectivity index (χ4n) is 2.27. The first-order chi connectivity index (χ1) is 8.22. The van der Waals surface area contributed by atoms with Crippen molar-refractivity contribution in [1.29, 1.82) is 0 Å². The Hall–Kier alpha value is -0.490. The van der Waals surface area contributed by atoms with Crippen LogP contribution < -0.4 is 5.73 Å². The molecule has 2 heterocycles. The Balaban J connectivity index is 1.97. The van der Waals surface area contributed by atoms with Crippen molar-refractivity contribution in [1.82, 2.24) is 14.8 Å². The monoisotopic (exact) mass is 254 g/mol. The van der Waals surface area contributed by atoms with Crippen LogP contribution in [0.15, 0.2) is 5.38 Å². The fraction of sp³-hybridized carbons (Fsp3) is 0.750. The number of aryl methyl sites for hydroxylation is 1. The zero-order valence-electron chi connectivity index (χ0n) is 10.7. The lowest BCUT2D eigenvalue weighted by atomic mass is 10.1. The summed E-state index contributed by atoms with van der Waals surface area (Å²) in [5, 5.41) is 3.42. The number of thiazole rings is 1. The van der Waals surface area contributed by atoms with Gasteiger partial charge in [0.2, 0.25) is 0 Å². The van der Waals surface area contributed by atoms with Crippen LogP contribution >= 0.6 is 11.3 Å². The lowest BCUT2D eigenvalue weighted by Crippen LogP contribution is -2.54. The molecule has 1 fully saturated rings. The molecule has 96 valence electrons. The van der Waals surface area contributed by atoms with Gasteiger partial charge in [0.15, 0.2) is 0 Å². The average molecular weight is 254 g/mol. The molecule has 0 spiro atoms. The first-order valence-electron chi connectivity index (χ1n) is 6.28. The zero-order valence-corrected chi connectivity index (χ0v) is 11.5. The largest absolute Gasteiger partial charge is 0.329 e. The zero-order chi connectivity index (χ0) is 12.3. The van der Waals surface area contributed by atoms with Crippen LogP contribution in [0.3, 0.4) is 0 Å². The third kappa shape index (κ3) is 3.25. The second kappa shape index (κ2) is 5.91. The van der Waals surface area contributed by atoms with Gasteiger partial charge in [0.05, 0.1) is 10.7 Å². The van der Waals surface area contributed by atoms with Crippen LogP contribution in [0.2, 0.25) is 0 Å². The van der Waals surface area contributed by atoms with Gasteiger partial charge >= 0.3 is 0 Å². The molecule has 0 aromatic carbocycles. The number of nitrogens with two attached hydrogens (primary N) is 1. The van der Waals surface area contributed by atoms with Crippen molar-refractivity contribution in [2.24, 2.45) is 5.73 Å². The van der Waals surface area contributed by atoms with E-state index in [-0.39, 0.29) is 0 Å². The fourth-order valence-corrected chi connectivity index (χ4v) is 3.01. The first-order valence-corrected chi connectivity index (χ1v) is 7.16. The molecule has 0 radical (unpaired) electrons. The van der Waals surface area contributed by atoms with Crippen molar-refractivity contribution in [2.75, 3.05) is 33.2 Å². The summed E-state index contributed by atoms with van der Waals surface area (Å²) in [6.45, 7) is 7.13. The highest BCUT2D eigenvalue weighted by Crippen LogP contribution is 2.15. The molecule has 1 aliphatic heterocycles. The SMILES string of the molecule is CCc1nc(CN2CCN(C)CC2CN)cs1. The van der Waals surface area contributed by atoms with Crippen molar-refractivity contribution in [3.8, 4) is 0 Å². The Labute approximate surface area is 107 Å². The smallest absolute Gasteiger partial charge is 0.0926 e. The molecule has 5 heteroatoms. The summed E-state index contributed by atoms with van der Waals surface area (Å²) in [5.41, 5.74) is 7.06. The standard InChI is InChI=1S/C12H22N4S/c1-3-12-14-10(9-17-12)7-16-5-4-15(2)8-11(16)6-13/h9,11H,3-8,13H2,1-2H3. The van der Waals surface area contributed by atoms with Crippen LogP contribution in [0.4, 0.5) is 0 Å². The molecule has 2 N–H and O–H groups in total. The number of nitrogens with zero attached hydrogens (tertiary/aromatic N) is 3. The molecule has 1 saturated heterocycles. The van der Waals surface area contributed by atoms with Gasteiger partial charge in [-0.05, 0) is 13.5 Å². The molecule has 1 atom stereocenters. The number of likely N-dealkylation sites (N-methyl/N-ethyl adjacent to an activating group) is 1. The Bertz CT molecular complexity index is 352. The summed E-state index contributed by atoms with van der Waals surface area (Å²) in [7, 11) is 2.16. The van der Waals surface area contributed by atoms with Gasteiger partial charge in [-0.3, -0.25) is 4.90 Å². The minimum Gasteiger partial charge on any atom is -0.329 e. The summed E-state index contributed by atoms with van der Waals surface area (Å²) >= 11 is 1.77. The second-order valence-corrected chi connectivity index (χ2v) is 5.65. The number of hydrogen-bond acceptors (Lipinski definition) is 5. The highest BCUT2D eigenvalue weighted by molar-refractivity contribution is 7.09. The summed E-state index contributed by atoms with van der Waals surface area (Å²) < 4.78 is 0. The van der Waals surface area contributed by atoms with Gasteiger partial charge in [-0.1, -0.05) is 6.92 Å². The van der Waals surface area contributed by atoms with E-state index in [0.29, 0.717) is 6.04 Å². The van der Waals surface area contributed by atoms with Crippen LogP contribution in [0.5, 0.6) is 0 Å². The molecule has 0 amide bonds. The Morgan fingerprint density at radius 3 is 3.00 bits per heavy atom. The van der Waals surface area contributed by atoms with E-state index in [1.165, 1.54) is 10.7 Å². The normalized spacial score (nSPS) is 23.1. The van der Waals surface area contributed by atoms with Gasteiger partial charge < -0.3 is 10.6 Å². The summed E-state index contributed by atoms with van der Waals surface area (Å²) in [6, 6.07) is 0.473. The van der Waals surface area contributed by atoms with Crippen LogP contribution in [-0.2, 0) is 13.0 Å². The van der Waals surface area contributed by atoms with E-state index in [9.17, 15) is 0 Å². The molecular formula is C12H22N4S. The molecular weight excluding hydrogens is 232 g/mol. The van der Waals surface area contributed by atoms with Gasteiger partial charge in [-0.25, -0.2) is 4.98 Å². The van der Waals surface area contributed by atoms with Crippen molar-refractivity contribution in [3.63, 3.8) is 0 Å². The van der Waals surface area contributed by atoms with Crippen LogP contribution in [0.1, 0.15) is 17.6 Å². The quantitative estimate of drug-likeness (QED) is 0.862. The van der Waals surface area contributed by atoms with E-state index in [1.807, 2.05) is 0 Å². The van der Waals surface area contributed by atoms with Gasteiger partial charge in [-0.15, -0.1) is 11.3 Å². The molecule has 17 heavy (non-hydrogen) atoms. The Morgan fingerprint density at radius 1 is 1.53 bits per heavy atom. The molecule has 1 unspecified atom stereocenters. The van der Waals surface area contributed by atoms with Crippen LogP contribution in [0.25, 0.3) is 0 Å². The summed E-state index contributed by atoms with van der Waals surface area (Å²) in [6.07, 6.45) is 1.04. The van der Waals surface area contributed by atoms with E-state index >= 15 is 0 Å². The molecule has 1 aromatic heterocycles. The number of piperazine rings is 1. The van der Waals surface area contributed by atoms with Crippen molar-refractivity contribution in [3.05, 3.63) is 16.1 Å². The van der Waals surface area contributed by atoms with E-state index < -0.39 is 0 Å². The molecule has 0 bridgehead atoms. The predicted molar refractivity (Wildman–Crippen MR) is 72.2 cm³/mol. The molecule has 4 nitrogen and oxygen atoms in total. The van der Waals surface area contributed by atoms with Crippen molar-refractivity contribution < 1.29 is 0 Å². The summed E-state index contributed by atoms with van der Waals surface area (Å²) in [4.78, 5) is 9.45. The van der Waals surface area contributed by atoms with Gasteiger partial charge in [0, 0.05) is 44.1 Å². The molecule has 1 aromatic rings. The molecule has 1 aliphatic rings. The predicted octanol–water partition coefficient (Wildman–Crippen LogP) is 0.780. The van der Waals surface area contributed by atoms with E-state index in [0.717, 1.165) is 39.1 Å². The third-order valence-corrected chi connectivity index (χ3v) is 4.39. The maximum Gasteiger partial charge on any atom is 0.0926 e. The first kappa shape index (κ1) is 13.0. The lowest BCUT2D eigenvalue weighted by Gasteiger charge is -2.39. The maximum absolute atomic E-state index is 5.85. The number of rotatable bonds is 4. The van der Waals surface area contributed by atoms with E-state index in [2.05, 4.69) is 34.1 Å². The molecule has 0 saturated carbocycles.